The molecule has 0 aliphatic carbocycles. The van der Waals surface area contributed by atoms with Gasteiger partial charge in [-0.2, -0.15) is 0 Å². The van der Waals surface area contributed by atoms with Crippen LogP contribution >= 0.6 is 11.5 Å². The summed E-state index contributed by atoms with van der Waals surface area (Å²) in [5.41, 5.74) is 0. The number of amides is 1. The van der Waals surface area contributed by atoms with Gasteiger partial charge in [0.1, 0.15) is 5.00 Å². The maximum atomic E-state index is 11.1. The van der Waals surface area contributed by atoms with E-state index in [0.29, 0.717) is 17.8 Å². The number of nitrogens with one attached hydrogen (secondary N) is 1. The van der Waals surface area contributed by atoms with Gasteiger partial charge in [0, 0.05) is 18.0 Å². The molecule has 13 heavy (non-hydrogen) atoms. The molecule has 1 atom stereocenters. The smallest absolute Gasteiger partial charge is 0.225 e. The van der Waals surface area contributed by atoms with E-state index in [4.69, 9.17) is 5.11 Å². The van der Waals surface area contributed by atoms with Crippen LogP contribution in [-0.4, -0.2) is 26.7 Å². The van der Waals surface area contributed by atoms with Gasteiger partial charge in [0.2, 0.25) is 5.91 Å². The van der Waals surface area contributed by atoms with E-state index in [1.54, 1.807) is 6.92 Å². The number of rotatable bonds is 4. The summed E-state index contributed by atoms with van der Waals surface area (Å²) in [6, 6.07) is 0. The molecule has 0 saturated carbocycles. The van der Waals surface area contributed by atoms with E-state index in [9.17, 15) is 4.79 Å². The van der Waals surface area contributed by atoms with Gasteiger partial charge in [-0.15, -0.1) is 5.10 Å². The molecule has 0 aliphatic heterocycles. The zero-order valence-corrected chi connectivity index (χ0v) is 8.04. The van der Waals surface area contributed by atoms with Crippen LogP contribution in [0.5, 0.6) is 0 Å². The number of nitrogens with zero attached hydrogens (tertiary/aromatic N) is 2. The number of anilines is 1. The number of carbonyl (C=O) groups is 1. The summed E-state index contributed by atoms with van der Waals surface area (Å²) in [5, 5.41) is 15.8. The molecule has 0 saturated heterocycles. The second-order valence-corrected chi connectivity index (χ2v) is 3.50. The number of hydrogen-bond acceptors (Lipinski definition) is 5. The lowest BCUT2D eigenvalue weighted by Gasteiger charge is -2.03. The Labute approximate surface area is 80.0 Å². The normalized spacial score (nSPS) is 12.5. The van der Waals surface area contributed by atoms with E-state index in [-0.39, 0.29) is 5.91 Å². The zero-order valence-electron chi connectivity index (χ0n) is 7.23. The molecule has 1 rings (SSSR count). The largest absolute Gasteiger partial charge is 0.393 e. The van der Waals surface area contributed by atoms with E-state index >= 15 is 0 Å². The van der Waals surface area contributed by atoms with Gasteiger partial charge in [-0.05, 0) is 13.3 Å². The molecule has 1 aromatic heterocycles. The molecule has 1 heterocycles. The van der Waals surface area contributed by atoms with Crippen LogP contribution in [-0.2, 0) is 4.79 Å². The highest BCUT2D eigenvalue weighted by molar-refractivity contribution is 7.10. The molecular formula is C7H11N3O2S. The van der Waals surface area contributed by atoms with Crippen LogP contribution in [0, 0.1) is 0 Å². The fourth-order valence-electron chi connectivity index (χ4n) is 0.762. The molecule has 0 aromatic carbocycles. The van der Waals surface area contributed by atoms with Crippen LogP contribution in [0.2, 0.25) is 0 Å². The maximum absolute atomic E-state index is 11.1. The summed E-state index contributed by atoms with van der Waals surface area (Å²) >= 11 is 1.13. The lowest BCUT2D eigenvalue weighted by molar-refractivity contribution is -0.116. The Morgan fingerprint density at radius 1 is 1.85 bits per heavy atom. The first-order valence-electron chi connectivity index (χ1n) is 3.94. The highest BCUT2D eigenvalue weighted by Gasteiger charge is 2.05. The van der Waals surface area contributed by atoms with Gasteiger partial charge < -0.3 is 10.4 Å². The zero-order chi connectivity index (χ0) is 9.68. The standard InChI is InChI=1S/C7H11N3O2S/c1-5(11)2-3-6(12)9-7-4-8-10-13-7/h4-5,11H,2-3H2,1H3,(H,9,12). The average Bonchev–Trinajstić information content (AvgIpc) is 2.53. The second-order valence-electron chi connectivity index (χ2n) is 2.72. The Bertz CT molecular complexity index is 261. The molecule has 0 fully saturated rings. The summed E-state index contributed by atoms with van der Waals surface area (Å²) in [6.07, 6.45) is 1.84. The lowest BCUT2D eigenvalue weighted by atomic mass is 10.2. The topological polar surface area (TPSA) is 75.1 Å². The molecular weight excluding hydrogens is 190 g/mol. The Balaban J connectivity index is 2.26. The first-order valence-corrected chi connectivity index (χ1v) is 4.71. The second kappa shape index (κ2) is 4.88. The fraction of sp³-hybridized carbons (Fsp3) is 0.571. The molecule has 1 unspecified atom stereocenters. The van der Waals surface area contributed by atoms with Crippen molar-refractivity contribution in [3.05, 3.63) is 6.20 Å². The first kappa shape index (κ1) is 10.1. The molecule has 6 heteroatoms. The fourth-order valence-corrected chi connectivity index (χ4v) is 1.20. The van der Waals surface area contributed by atoms with Crippen LogP contribution in [0.4, 0.5) is 5.00 Å². The molecule has 0 radical (unpaired) electrons. The summed E-state index contributed by atoms with van der Waals surface area (Å²) < 4.78 is 3.60. The molecule has 0 aliphatic rings. The van der Waals surface area contributed by atoms with Crippen LogP contribution in [0.1, 0.15) is 19.8 Å². The molecule has 72 valence electrons. The van der Waals surface area contributed by atoms with E-state index in [1.807, 2.05) is 0 Å². The minimum absolute atomic E-state index is 0.119. The van der Waals surface area contributed by atoms with Crippen molar-refractivity contribution in [2.75, 3.05) is 5.32 Å². The molecule has 1 amide bonds. The van der Waals surface area contributed by atoms with Crippen LogP contribution in [0.25, 0.3) is 0 Å². The molecule has 0 bridgehead atoms. The van der Waals surface area contributed by atoms with Crippen molar-refractivity contribution in [3.63, 3.8) is 0 Å². The van der Waals surface area contributed by atoms with Crippen molar-refractivity contribution >= 4 is 22.4 Å². The monoisotopic (exact) mass is 201 g/mol. The average molecular weight is 201 g/mol. The third kappa shape index (κ3) is 3.95. The van der Waals surface area contributed by atoms with Crippen molar-refractivity contribution in [2.45, 2.75) is 25.9 Å². The van der Waals surface area contributed by atoms with Crippen molar-refractivity contribution in [2.24, 2.45) is 0 Å². The molecule has 2 N–H and O–H groups in total. The SMILES string of the molecule is CC(O)CCC(=O)Nc1cnns1. The van der Waals surface area contributed by atoms with Crippen molar-refractivity contribution in [1.29, 1.82) is 0 Å². The van der Waals surface area contributed by atoms with Gasteiger partial charge in [0.15, 0.2) is 0 Å². The van der Waals surface area contributed by atoms with Crippen molar-refractivity contribution in [3.8, 4) is 0 Å². The number of hydrogen-bond donors (Lipinski definition) is 2. The number of aliphatic hydroxyl groups excluding tert-OH is 1. The predicted octanol–water partition coefficient (Wildman–Crippen LogP) is 0.638. The van der Waals surface area contributed by atoms with Crippen LogP contribution in [0.15, 0.2) is 6.20 Å². The quantitative estimate of drug-likeness (QED) is 0.749. The van der Waals surface area contributed by atoms with E-state index < -0.39 is 6.10 Å². The minimum Gasteiger partial charge on any atom is -0.393 e. The Hall–Kier alpha value is -1.01. The minimum atomic E-state index is -0.440. The predicted molar refractivity (Wildman–Crippen MR) is 49.5 cm³/mol. The summed E-state index contributed by atoms with van der Waals surface area (Å²) in [5.74, 6) is -0.119. The number of aromatic nitrogens is 2. The lowest BCUT2D eigenvalue weighted by Crippen LogP contribution is -2.13. The summed E-state index contributed by atoms with van der Waals surface area (Å²) in [6.45, 7) is 1.65. The highest BCUT2D eigenvalue weighted by atomic mass is 32.1. The van der Waals surface area contributed by atoms with Crippen molar-refractivity contribution in [1.82, 2.24) is 9.59 Å². The summed E-state index contributed by atoms with van der Waals surface area (Å²) in [4.78, 5) is 11.1. The first-order chi connectivity index (χ1) is 6.18. The number of carbonyl (C=O) groups excluding carboxylic acids is 1. The maximum Gasteiger partial charge on any atom is 0.225 e. The third-order valence-corrected chi connectivity index (χ3v) is 1.99. The third-order valence-electron chi connectivity index (χ3n) is 1.41. The molecule has 1 aromatic rings. The summed E-state index contributed by atoms with van der Waals surface area (Å²) in [7, 11) is 0. The molecule has 5 nitrogen and oxygen atoms in total. The van der Waals surface area contributed by atoms with Gasteiger partial charge >= 0.3 is 0 Å². The van der Waals surface area contributed by atoms with Gasteiger partial charge in [-0.25, -0.2) is 0 Å². The van der Waals surface area contributed by atoms with E-state index in [0.717, 1.165) is 11.5 Å². The molecule has 0 spiro atoms. The van der Waals surface area contributed by atoms with Gasteiger partial charge in [0.05, 0.1) is 12.3 Å². The number of aliphatic hydroxyl groups is 1. The Morgan fingerprint density at radius 2 is 2.62 bits per heavy atom. The van der Waals surface area contributed by atoms with Gasteiger partial charge in [0.25, 0.3) is 0 Å². The van der Waals surface area contributed by atoms with E-state index in [2.05, 4.69) is 14.9 Å². The van der Waals surface area contributed by atoms with Crippen LogP contribution in [0.3, 0.4) is 0 Å². The van der Waals surface area contributed by atoms with Gasteiger partial charge in [-0.3, -0.25) is 4.79 Å². The van der Waals surface area contributed by atoms with Crippen molar-refractivity contribution < 1.29 is 9.90 Å². The Kier molecular flexibility index (Phi) is 3.78. The Morgan fingerprint density at radius 3 is 3.15 bits per heavy atom. The highest BCUT2D eigenvalue weighted by Crippen LogP contribution is 2.09. The van der Waals surface area contributed by atoms with Gasteiger partial charge in [-0.1, -0.05) is 4.49 Å². The van der Waals surface area contributed by atoms with Crippen LogP contribution < -0.4 is 5.32 Å². The van der Waals surface area contributed by atoms with E-state index in [1.165, 1.54) is 6.20 Å².